The number of carbonyl (C=O) groups is 1. The van der Waals surface area contributed by atoms with E-state index >= 15 is 0 Å². The molecule has 1 aliphatic heterocycles. The Hall–Kier alpha value is -2.33. The molecule has 0 atom stereocenters. The maximum absolute atomic E-state index is 12.9. The van der Waals surface area contributed by atoms with Crippen molar-refractivity contribution in [3.63, 3.8) is 0 Å². The van der Waals surface area contributed by atoms with Crippen LogP contribution in [0.4, 0.5) is 0 Å². The van der Waals surface area contributed by atoms with Crippen LogP contribution in [0.25, 0.3) is 0 Å². The van der Waals surface area contributed by atoms with Crippen molar-refractivity contribution in [2.24, 2.45) is 0 Å². The number of ether oxygens (including phenoxy) is 1. The van der Waals surface area contributed by atoms with Gasteiger partial charge in [-0.15, -0.1) is 0 Å². The summed E-state index contributed by atoms with van der Waals surface area (Å²) in [5.74, 6) is 0.716. The summed E-state index contributed by atoms with van der Waals surface area (Å²) < 4.78 is 5.37. The average molecular weight is 338 g/mol. The minimum absolute atomic E-state index is 0.0655. The lowest BCUT2D eigenvalue weighted by Gasteiger charge is -2.35. The number of nitrogens with zero attached hydrogens (tertiary/aromatic N) is 2. The highest BCUT2D eigenvalue weighted by Crippen LogP contribution is 2.22. The summed E-state index contributed by atoms with van der Waals surface area (Å²) >= 11 is 0. The Kier molecular flexibility index (Phi) is 5.39. The van der Waals surface area contributed by atoms with Crippen LogP contribution < -0.4 is 4.74 Å². The Morgan fingerprint density at radius 2 is 1.72 bits per heavy atom. The normalized spacial score (nSPS) is 15.2. The zero-order chi connectivity index (χ0) is 17.8. The van der Waals surface area contributed by atoms with Crippen LogP contribution in [0.5, 0.6) is 5.75 Å². The van der Waals surface area contributed by atoms with Gasteiger partial charge in [0.1, 0.15) is 5.75 Å². The standard InChI is InChI=1S/C21H26N2O2/c1-16-5-4-6-18(13-16)15-22-9-11-23(12-10-22)21(24)19-14-17(2)7-8-20(19)25-3/h4-8,13-14H,9-12,15H2,1-3H3. The molecule has 0 aliphatic carbocycles. The third kappa shape index (κ3) is 4.20. The van der Waals surface area contributed by atoms with Crippen LogP contribution in [-0.2, 0) is 6.54 Å². The molecule has 4 nitrogen and oxygen atoms in total. The highest BCUT2D eigenvalue weighted by molar-refractivity contribution is 5.97. The van der Waals surface area contributed by atoms with Crippen molar-refractivity contribution in [1.29, 1.82) is 0 Å². The van der Waals surface area contributed by atoms with E-state index in [9.17, 15) is 4.79 Å². The summed E-state index contributed by atoms with van der Waals surface area (Å²) in [7, 11) is 1.61. The predicted molar refractivity (Wildman–Crippen MR) is 100 cm³/mol. The first-order chi connectivity index (χ1) is 12.1. The second-order valence-corrected chi connectivity index (χ2v) is 6.76. The zero-order valence-corrected chi connectivity index (χ0v) is 15.3. The molecule has 25 heavy (non-hydrogen) atoms. The number of amides is 1. The first-order valence-electron chi connectivity index (χ1n) is 8.78. The van der Waals surface area contributed by atoms with Crippen molar-refractivity contribution in [3.8, 4) is 5.75 Å². The van der Waals surface area contributed by atoms with Gasteiger partial charge >= 0.3 is 0 Å². The smallest absolute Gasteiger partial charge is 0.257 e. The monoisotopic (exact) mass is 338 g/mol. The molecule has 0 saturated carbocycles. The minimum Gasteiger partial charge on any atom is -0.496 e. The van der Waals surface area contributed by atoms with Gasteiger partial charge in [-0.05, 0) is 31.5 Å². The molecule has 1 aliphatic rings. The maximum atomic E-state index is 12.9. The van der Waals surface area contributed by atoms with Crippen molar-refractivity contribution in [1.82, 2.24) is 9.80 Å². The minimum atomic E-state index is 0.0655. The molecule has 1 fully saturated rings. The van der Waals surface area contributed by atoms with Crippen LogP contribution in [0.3, 0.4) is 0 Å². The summed E-state index contributed by atoms with van der Waals surface area (Å²) in [6.07, 6.45) is 0. The summed E-state index contributed by atoms with van der Waals surface area (Å²) in [5.41, 5.74) is 4.36. The lowest BCUT2D eigenvalue weighted by molar-refractivity contribution is 0.0625. The van der Waals surface area contributed by atoms with Crippen molar-refractivity contribution < 1.29 is 9.53 Å². The lowest BCUT2D eigenvalue weighted by Crippen LogP contribution is -2.48. The molecule has 0 spiro atoms. The van der Waals surface area contributed by atoms with Gasteiger partial charge < -0.3 is 9.64 Å². The highest BCUT2D eigenvalue weighted by Gasteiger charge is 2.24. The first-order valence-corrected chi connectivity index (χ1v) is 8.78. The van der Waals surface area contributed by atoms with Gasteiger partial charge in [-0.3, -0.25) is 9.69 Å². The van der Waals surface area contributed by atoms with E-state index in [1.165, 1.54) is 11.1 Å². The van der Waals surface area contributed by atoms with Crippen molar-refractivity contribution >= 4 is 5.91 Å². The zero-order valence-electron chi connectivity index (χ0n) is 15.3. The van der Waals surface area contributed by atoms with Gasteiger partial charge in [0.25, 0.3) is 5.91 Å². The maximum Gasteiger partial charge on any atom is 0.257 e. The number of hydrogen-bond acceptors (Lipinski definition) is 3. The molecule has 0 N–H and O–H groups in total. The number of benzene rings is 2. The van der Waals surface area contributed by atoms with E-state index < -0.39 is 0 Å². The third-order valence-electron chi connectivity index (χ3n) is 4.73. The molecule has 1 heterocycles. The fraction of sp³-hybridized carbons (Fsp3) is 0.381. The quantitative estimate of drug-likeness (QED) is 0.858. The van der Waals surface area contributed by atoms with Gasteiger partial charge in [0.05, 0.1) is 12.7 Å². The third-order valence-corrected chi connectivity index (χ3v) is 4.73. The van der Waals surface area contributed by atoms with E-state index in [-0.39, 0.29) is 5.91 Å². The molecule has 4 heteroatoms. The summed E-state index contributed by atoms with van der Waals surface area (Å²) in [6.45, 7) is 8.36. The summed E-state index contributed by atoms with van der Waals surface area (Å²) in [6, 6.07) is 14.4. The summed E-state index contributed by atoms with van der Waals surface area (Å²) in [5, 5.41) is 0. The van der Waals surface area contributed by atoms with E-state index in [2.05, 4.69) is 36.1 Å². The molecule has 1 amide bonds. The largest absolute Gasteiger partial charge is 0.496 e. The van der Waals surface area contributed by atoms with Gasteiger partial charge in [0, 0.05) is 32.7 Å². The number of carbonyl (C=O) groups excluding carboxylic acids is 1. The van der Waals surface area contributed by atoms with E-state index in [0.29, 0.717) is 11.3 Å². The van der Waals surface area contributed by atoms with Gasteiger partial charge in [0.2, 0.25) is 0 Å². The van der Waals surface area contributed by atoms with Crippen LogP contribution in [0.1, 0.15) is 27.0 Å². The SMILES string of the molecule is COc1ccc(C)cc1C(=O)N1CCN(Cc2cccc(C)c2)CC1. The molecule has 0 bridgehead atoms. The average Bonchev–Trinajstić information content (AvgIpc) is 2.62. The van der Waals surface area contributed by atoms with Crippen molar-refractivity contribution in [3.05, 3.63) is 64.7 Å². The Balaban J connectivity index is 1.62. The van der Waals surface area contributed by atoms with E-state index in [1.807, 2.05) is 30.0 Å². The topological polar surface area (TPSA) is 32.8 Å². The molecule has 0 radical (unpaired) electrons. The highest BCUT2D eigenvalue weighted by atomic mass is 16.5. The molecule has 3 rings (SSSR count). The van der Waals surface area contributed by atoms with Crippen LogP contribution in [-0.4, -0.2) is 49.0 Å². The summed E-state index contributed by atoms with van der Waals surface area (Å²) in [4.78, 5) is 17.2. The Bertz CT molecular complexity index is 749. The number of hydrogen-bond donors (Lipinski definition) is 0. The fourth-order valence-electron chi connectivity index (χ4n) is 3.34. The van der Waals surface area contributed by atoms with Gasteiger partial charge in [0.15, 0.2) is 0 Å². The molecule has 0 aromatic heterocycles. The van der Waals surface area contributed by atoms with Crippen LogP contribution in [0.2, 0.25) is 0 Å². The fourth-order valence-corrected chi connectivity index (χ4v) is 3.34. The van der Waals surface area contributed by atoms with Crippen molar-refractivity contribution in [2.45, 2.75) is 20.4 Å². The predicted octanol–water partition coefficient (Wildman–Crippen LogP) is 3.27. The second-order valence-electron chi connectivity index (χ2n) is 6.76. The molecular weight excluding hydrogens is 312 g/mol. The van der Waals surface area contributed by atoms with E-state index in [4.69, 9.17) is 4.74 Å². The Morgan fingerprint density at radius 3 is 2.40 bits per heavy atom. The van der Waals surface area contributed by atoms with E-state index in [0.717, 1.165) is 38.3 Å². The van der Waals surface area contributed by atoms with Gasteiger partial charge in [-0.1, -0.05) is 41.5 Å². The van der Waals surface area contributed by atoms with Crippen molar-refractivity contribution in [2.75, 3.05) is 33.3 Å². The first kappa shape index (κ1) is 17.5. The Morgan fingerprint density at radius 1 is 1.00 bits per heavy atom. The molecule has 1 saturated heterocycles. The number of methoxy groups -OCH3 is 1. The van der Waals surface area contributed by atoms with Crippen LogP contribution in [0, 0.1) is 13.8 Å². The number of aryl methyl sites for hydroxylation is 2. The van der Waals surface area contributed by atoms with Crippen LogP contribution in [0.15, 0.2) is 42.5 Å². The number of piperazine rings is 1. The van der Waals surface area contributed by atoms with Gasteiger partial charge in [-0.25, -0.2) is 0 Å². The lowest BCUT2D eigenvalue weighted by atomic mass is 10.1. The molecule has 2 aromatic rings. The molecule has 0 unspecified atom stereocenters. The van der Waals surface area contributed by atoms with Gasteiger partial charge in [-0.2, -0.15) is 0 Å². The second kappa shape index (κ2) is 7.70. The number of rotatable bonds is 4. The molecule has 2 aromatic carbocycles. The van der Waals surface area contributed by atoms with E-state index in [1.54, 1.807) is 7.11 Å². The Labute approximate surface area is 150 Å². The van der Waals surface area contributed by atoms with Crippen LogP contribution >= 0.6 is 0 Å². The molecule has 132 valence electrons. The molecular formula is C21H26N2O2.